The van der Waals surface area contributed by atoms with Gasteiger partial charge in [-0.25, -0.2) is 4.98 Å². The van der Waals surface area contributed by atoms with Gasteiger partial charge in [-0.2, -0.15) is 0 Å². The monoisotopic (exact) mass is 675 g/mol. The van der Waals surface area contributed by atoms with Gasteiger partial charge in [0.1, 0.15) is 5.82 Å². The van der Waals surface area contributed by atoms with Crippen LogP contribution in [0.3, 0.4) is 0 Å². The van der Waals surface area contributed by atoms with Crippen LogP contribution < -0.4 is 5.56 Å². The first-order valence-electron chi connectivity index (χ1n) is 18.1. The lowest BCUT2D eigenvalue weighted by atomic mass is 9.70. The lowest BCUT2D eigenvalue weighted by Gasteiger charge is -2.30. The fourth-order valence-corrected chi connectivity index (χ4v) is 9.79. The summed E-state index contributed by atoms with van der Waals surface area (Å²) in [5, 5.41) is 4.77. The molecule has 7 aromatic carbocycles. The number of rotatable bonds is 2. The fourth-order valence-electron chi connectivity index (χ4n) is 9.79. The van der Waals surface area contributed by atoms with E-state index in [4.69, 9.17) is 4.98 Å². The molecule has 4 nitrogen and oxygen atoms in total. The molecule has 2 aliphatic carbocycles. The second kappa shape index (κ2) is 10.3. The van der Waals surface area contributed by atoms with E-state index in [1.54, 1.807) is 0 Å². The molecule has 3 heterocycles. The Morgan fingerprint density at radius 3 is 1.68 bits per heavy atom. The molecule has 4 heteroatoms. The van der Waals surface area contributed by atoms with Gasteiger partial charge in [-0.05, 0) is 69.3 Å². The van der Waals surface area contributed by atoms with E-state index >= 15 is 0 Å². The molecular formula is C49H29N3O. The Morgan fingerprint density at radius 2 is 0.981 bits per heavy atom. The molecule has 0 N–H and O–H groups in total. The van der Waals surface area contributed by atoms with Gasteiger partial charge in [0.05, 0.1) is 27.4 Å². The summed E-state index contributed by atoms with van der Waals surface area (Å²) < 4.78 is 4.13. The molecule has 10 aromatic rings. The number of fused-ring (bicyclic) bond motifs is 17. The Hall–Kier alpha value is -7.04. The quantitative estimate of drug-likeness (QED) is 0.171. The first kappa shape index (κ1) is 28.6. The van der Waals surface area contributed by atoms with Gasteiger partial charge in [0, 0.05) is 39.0 Å². The lowest BCUT2D eigenvalue weighted by Crippen LogP contribution is -2.25. The van der Waals surface area contributed by atoms with E-state index in [1.165, 1.54) is 44.5 Å². The normalized spacial score (nSPS) is 13.5. The molecule has 0 amide bonds. The standard InChI is InChI=1S/C49H29N3O/c53-48-37-28-45(50-29-38(37)34-19-8-12-24-43(34)51(48)30-14-2-1-3-15-30)52-44-25-13-7-18-33(44)35-26-27-42-46(47(35)52)36-20-6-11-23-41(36)49(42)39-21-9-4-16-31(39)32-17-5-10-22-40(32)49/h1-29H. The average Bonchev–Trinajstić information content (AvgIpc) is 3.83. The van der Waals surface area contributed by atoms with E-state index in [2.05, 4.69) is 120 Å². The Bertz CT molecular complexity index is 3210. The van der Waals surface area contributed by atoms with Crippen LogP contribution in [0.25, 0.3) is 77.2 Å². The van der Waals surface area contributed by atoms with Crippen LogP contribution in [0.15, 0.2) is 181 Å². The number of benzene rings is 7. The van der Waals surface area contributed by atoms with Crippen molar-refractivity contribution in [3.63, 3.8) is 0 Å². The second-order valence-corrected chi connectivity index (χ2v) is 14.2. The summed E-state index contributed by atoms with van der Waals surface area (Å²) in [6, 6.07) is 60.0. The highest BCUT2D eigenvalue weighted by molar-refractivity contribution is 6.17. The molecule has 246 valence electrons. The molecule has 0 atom stereocenters. The summed E-state index contributed by atoms with van der Waals surface area (Å²) in [6.07, 6.45) is 1.90. The SMILES string of the molecule is O=c1c2cc(-n3c4ccccc4c4ccc5c(c43)-c3ccccc3C53c4ccccc4-c4ccccc43)ncc2c2ccccc2n1-c1ccccc1. The van der Waals surface area contributed by atoms with E-state index in [0.29, 0.717) is 5.39 Å². The number of hydrogen-bond donors (Lipinski definition) is 0. The smallest absolute Gasteiger partial charge is 0.263 e. The summed E-state index contributed by atoms with van der Waals surface area (Å²) in [5.74, 6) is 0.717. The molecule has 3 aromatic heterocycles. The van der Waals surface area contributed by atoms with Gasteiger partial charge in [0.15, 0.2) is 0 Å². The van der Waals surface area contributed by atoms with Crippen LogP contribution in [0, 0.1) is 0 Å². The largest absolute Gasteiger partial charge is 0.293 e. The Morgan fingerprint density at radius 1 is 0.434 bits per heavy atom. The second-order valence-electron chi connectivity index (χ2n) is 14.2. The van der Waals surface area contributed by atoms with Crippen LogP contribution >= 0.6 is 0 Å². The molecule has 1 spiro atoms. The molecule has 0 unspecified atom stereocenters. The molecule has 0 saturated carbocycles. The van der Waals surface area contributed by atoms with Crippen molar-refractivity contribution in [3.05, 3.63) is 209 Å². The Labute approximate surface area is 304 Å². The highest BCUT2D eigenvalue weighted by Crippen LogP contribution is 2.64. The van der Waals surface area contributed by atoms with Gasteiger partial charge in [-0.15, -0.1) is 0 Å². The van der Waals surface area contributed by atoms with Crippen molar-refractivity contribution in [2.45, 2.75) is 5.41 Å². The van der Waals surface area contributed by atoms with Crippen LogP contribution in [0.2, 0.25) is 0 Å². The Kier molecular flexibility index (Phi) is 5.55. The van der Waals surface area contributed by atoms with Gasteiger partial charge < -0.3 is 0 Å². The molecular weight excluding hydrogens is 647 g/mol. The van der Waals surface area contributed by atoms with Crippen LogP contribution in [-0.2, 0) is 5.41 Å². The van der Waals surface area contributed by atoms with Crippen molar-refractivity contribution in [2.75, 3.05) is 0 Å². The van der Waals surface area contributed by atoms with E-state index in [-0.39, 0.29) is 5.56 Å². The predicted octanol–water partition coefficient (Wildman–Crippen LogP) is 11.0. The van der Waals surface area contributed by atoms with Crippen LogP contribution in [0.5, 0.6) is 0 Å². The summed E-state index contributed by atoms with van der Waals surface area (Å²) in [5.41, 5.74) is 13.5. The van der Waals surface area contributed by atoms with Gasteiger partial charge in [-0.1, -0.05) is 140 Å². The number of para-hydroxylation sites is 3. The zero-order chi connectivity index (χ0) is 34.8. The first-order chi connectivity index (χ1) is 26.2. The third kappa shape index (κ3) is 3.50. The zero-order valence-corrected chi connectivity index (χ0v) is 28.5. The molecule has 0 saturated heterocycles. The first-order valence-corrected chi connectivity index (χ1v) is 18.1. The van der Waals surface area contributed by atoms with Crippen molar-refractivity contribution in [3.8, 4) is 33.8 Å². The topological polar surface area (TPSA) is 39.8 Å². The third-order valence-electron chi connectivity index (χ3n) is 11.8. The lowest BCUT2D eigenvalue weighted by molar-refractivity contribution is 0.794. The van der Waals surface area contributed by atoms with Crippen LogP contribution in [0.4, 0.5) is 0 Å². The third-order valence-corrected chi connectivity index (χ3v) is 11.8. The van der Waals surface area contributed by atoms with Crippen molar-refractivity contribution in [1.29, 1.82) is 0 Å². The van der Waals surface area contributed by atoms with E-state index in [9.17, 15) is 4.79 Å². The fraction of sp³-hybridized carbons (Fsp3) is 0.0204. The van der Waals surface area contributed by atoms with E-state index in [0.717, 1.165) is 49.6 Å². The maximum Gasteiger partial charge on any atom is 0.263 e. The van der Waals surface area contributed by atoms with E-state index < -0.39 is 5.41 Å². The predicted molar refractivity (Wildman–Crippen MR) is 215 cm³/mol. The molecule has 0 fully saturated rings. The highest BCUT2D eigenvalue weighted by Gasteiger charge is 2.52. The minimum absolute atomic E-state index is 0.0667. The molecule has 0 bridgehead atoms. The minimum atomic E-state index is -0.465. The van der Waals surface area contributed by atoms with Gasteiger partial charge in [0.2, 0.25) is 0 Å². The minimum Gasteiger partial charge on any atom is -0.293 e. The van der Waals surface area contributed by atoms with Crippen LogP contribution in [0.1, 0.15) is 22.3 Å². The van der Waals surface area contributed by atoms with E-state index in [1.807, 2.05) is 65.4 Å². The number of pyridine rings is 2. The van der Waals surface area contributed by atoms with Crippen molar-refractivity contribution >= 4 is 43.5 Å². The molecule has 0 aliphatic heterocycles. The molecule has 12 rings (SSSR count). The summed E-state index contributed by atoms with van der Waals surface area (Å²) in [6.45, 7) is 0. The van der Waals surface area contributed by atoms with Gasteiger partial charge in [0.25, 0.3) is 5.56 Å². The number of aromatic nitrogens is 3. The summed E-state index contributed by atoms with van der Waals surface area (Å²) in [4.78, 5) is 19.9. The number of hydrogen-bond acceptors (Lipinski definition) is 2. The molecule has 2 aliphatic rings. The van der Waals surface area contributed by atoms with Crippen molar-refractivity contribution < 1.29 is 0 Å². The van der Waals surface area contributed by atoms with Crippen molar-refractivity contribution in [2.24, 2.45) is 0 Å². The maximum atomic E-state index is 14.7. The molecule has 53 heavy (non-hydrogen) atoms. The summed E-state index contributed by atoms with van der Waals surface area (Å²) >= 11 is 0. The zero-order valence-electron chi connectivity index (χ0n) is 28.5. The van der Waals surface area contributed by atoms with Crippen molar-refractivity contribution in [1.82, 2.24) is 14.1 Å². The van der Waals surface area contributed by atoms with Gasteiger partial charge in [-0.3, -0.25) is 13.9 Å². The maximum absolute atomic E-state index is 14.7. The van der Waals surface area contributed by atoms with Gasteiger partial charge >= 0.3 is 0 Å². The summed E-state index contributed by atoms with van der Waals surface area (Å²) in [7, 11) is 0. The Balaban J connectivity index is 1.23. The number of nitrogens with zero attached hydrogens (tertiary/aromatic N) is 3. The average molecular weight is 676 g/mol. The molecule has 0 radical (unpaired) electrons. The highest BCUT2D eigenvalue weighted by atomic mass is 16.1. The van der Waals surface area contributed by atoms with Crippen LogP contribution in [-0.4, -0.2) is 14.1 Å².